The number of aromatic nitrogens is 3. The van der Waals surface area contributed by atoms with Crippen LogP contribution in [0.3, 0.4) is 0 Å². The van der Waals surface area contributed by atoms with Crippen LogP contribution in [0.4, 0.5) is 8.78 Å². The van der Waals surface area contributed by atoms with Crippen molar-refractivity contribution in [2.75, 3.05) is 6.54 Å². The average Bonchev–Trinajstić information content (AvgIpc) is 3.24. The molecule has 0 aliphatic carbocycles. The number of halogens is 2. The van der Waals surface area contributed by atoms with Crippen LogP contribution in [0.2, 0.25) is 0 Å². The standard InChI is InChI=1S/C19H14F2N4OS/c20-14-6-4-12(5-7-14)18(26)22-9-8-16-11-27-19-23-17(24-25(16)19)13-2-1-3-15(21)10-13/h1-7,10-11H,8-9H2,(H,22,26). The van der Waals surface area contributed by atoms with Crippen LogP contribution in [-0.2, 0) is 6.42 Å². The summed E-state index contributed by atoms with van der Waals surface area (Å²) < 4.78 is 28.0. The third-order valence-electron chi connectivity index (χ3n) is 4.01. The molecular formula is C19H14F2N4OS. The molecule has 0 saturated carbocycles. The molecule has 0 saturated heterocycles. The van der Waals surface area contributed by atoms with Crippen LogP contribution >= 0.6 is 11.3 Å². The molecule has 0 atom stereocenters. The number of carbonyl (C=O) groups is 1. The van der Waals surface area contributed by atoms with E-state index in [4.69, 9.17) is 0 Å². The number of amides is 1. The normalized spacial score (nSPS) is 11.0. The van der Waals surface area contributed by atoms with Crippen LogP contribution in [0.15, 0.2) is 53.9 Å². The molecule has 0 radical (unpaired) electrons. The van der Waals surface area contributed by atoms with Crippen molar-refractivity contribution in [2.24, 2.45) is 0 Å². The second-order valence-electron chi connectivity index (χ2n) is 5.88. The molecule has 0 fully saturated rings. The Balaban J connectivity index is 1.45. The fourth-order valence-corrected chi connectivity index (χ4v) is 3.51. The third-order valence-corrected chi connectivity index (χ3v) is 4.87. The van der Waals surface area contributed by atoms with Gasteiger partial charge >= 0.3 is 0 Å². The van der Waals surface area contributed by atoms with Crippen molar-refractivity contribution in [1.82, 2.24) is 19.9 Å². The van der Waals surface area contributed by atoms with E-state index >= 15 is 0 Å². The largest absolute Gasteiger partial charge is 0.352 e. The van der Waals surface area contributed by atoms with Crippen molar-refractivity contribution >= 4 is 22.2 Å². The zero-order valence-corrected chi connectivity index (χ0v) is 14.8. The highest BCUT2D eigenvalue weighted by Crippen LogP contribution is 2.21. The van der Waals surface area contributed by atoms with Gasteiger partial charge in [0.1, 0.15) is 11.6 Å². The van der Waals surface area contributed by atoms with Crippen LogP contribution in [0.25, 0.3) is 16.3 Å². The third kappa shape index (κ3) is 3.70. The smallest absolute Gasteiger partial charge is 0.251 e. The molecule has 0 unspecified atom stereocenters. The second kappa shape index (κ2) is 7.24. The molecule has 1 amide bonds. The van der Waals surface area contributed by atoms with Gasteiger partial charge in [0.15, 0.2) is 5.82 Å². The Labute approximate surface area is 157 Å². The number of nitrogens with one attached hydrogen (secondary N) is 1. The molecule has 2 aromatic heterocycles. The molecule has 4 rings (SSSR count). The minimum atomic E-state index is -0.382. The first kappa shape index (κ1) is 17.3. The molecular weight excluding hydrogens is 370 g/mol. The second-order valence-corrected chi connectivity index (χ2v) is 6.72. The van der Waals surface area contributed by atoms with E-state index in [1.165, 1.54) is 47.7 Å². The van der Waals surface area contributed by atoms with Gasteiger partial charge in [-0.3, -0.25) is 4.79 Å². The summed E-state index contributed by atoms with van der Waals surface area (Å²) in [4.78, 5) is 17.2. The number of hydrogen-bond acceptors (Lipinski definition) is 4. The Bertz CT molecular complexity index is 1100. The molecule has 5 nitrogen and oxygen atoms in total. The topological polar surface area (TPSA) is 59.3 Å². The Morgan fingerprint density at radius 1 is 1.11 bits per heavy atom. The predicted molar refractivity (Wildman–Crippen MR) is 98.7 cm³/mol. The van der Waals surface area contributed by atoms with Gasteiger partial charge in [0.05, 0.1) is 5.69 Å². The molecule has 2 heterocycles. The van der Waals surface area contributed by atoms with Crippen LogP contribution in [-0.4, -0.2) is 27.0 Å². The summed E-state index contributed by atoms with van der Waals surface area (Å²) >= 11 is 1.43. The van der Waals surface area contributed by atoms with Gasteiger partial charge in [0.2, 0.25) is 4.96 Å². The van der Waals surface area contributed by atoms with Crippen molar-refractivity contribution in [3.8, 4) is 11.4 Å². The zero-order chi connectivity index (χ0) is 18.8. The Morgan fingerprint density at radius 2 is 1.93 bits per heavy atom. The summed E-state index contributed by atoms with van der Waals surface area (Å²) in [6.45, 7) is 0.400. The Hall–Kier alpha value is -3.13. The summed E-state index contributed by atoms with van der Waals surface area (Å²) in [6.07, 6.45) is 0.554. The summed E-state index contributed by atoms with van der Waals surface area (Å²) in [5.41, 5.74) is 1.91. The van der Waals surface area contributed by atoms with E-state index in [9.17, 15) is 13.6 Å². The minimum Gasteiger partial charge on any atom is -0.352 e. The van der Waals surface area contributed by atoms with Crippen molar-refractivity contribution in [2.45, 2.75) is 6.42 Å². The van der Waals surface area contributed by atoms with E-state index in [1.54, 1.807) is 16.6 Å². The quantitative estimate of drug-likeness (QED) is 0.571. The molecule has 0 bridgehead atoms. The lowest BCUT2D eigenvalue weighted by atomic mass is 10.2. The maximum absolute atomic E-state index is 13.4. The number of hydrogen-bond donors (Lipinski definition) is 1. The molecule has 0 aliphatic rings. The van der Waals surface area contributed by atoms with Crippen molar-refractivity contribution < 1.29 is 13.6 Å². The molecule has 2 aromatic carbocycles. The molecule has 0 spiro atoms. The SMILES string of the molecule is O=C(NCCc1csc2nc(-c3cccc(F)c3)nn12)c1ccc(F)cc1. The number of fused-ring (bicyclic) bond motifs is 1. The van der Waals surface area contributed by atoms with E-state index in [1.807, 2.05) is 5.38 Å². The number of nitrogens with zero attached hydrogens (tertiary/aromatic N) is 3. The lowest BCUT2D eigenvalue weighted by Gasteiger charge is -2.04. The number of rotatable bonds is 5. The number of benzene rings is 2. The Kier molecular flexibility index (Phi) is 4.64. The summed E-state index contributed by atoms with van der Waals surface area (Å²) in [5, 5.41) is 9.17. The van der Waals surface area contributed by atoms with Crippen molar-refractivity contribution in [3.05, 3.63) is 76.8 Å². The average molecular weight is 384 g/mol. The van der Waals surface area contributed by atoms with Gasteiger partial charge in [0.25, 0.3) is 5.91 Å². The van der Waals surface area contributed by atoms with Crippen molar-refractivity contribution in [1.29, 1.82) is 0 Å². The molecule has 0 aliphatic heterocycles. The fraction of sp³-hybridized carbons (Fsp3) is 0.105. The zero-order valence-electron chi connectivity index (χ0n) is 14.0. The van der Waals surface area contributed by atoms with E-state index in [2.05, 4.69) is 15.4 Å². The van der Waals surface area contributed by atoms with Gasteiger partial charge in [-0.25, -0.2) is 13.3 Å². The predicted octanol–water partition coefficient (Wildman–Crippen LogP) is 3.71. The van der Waals surface area contributed by atoms with Crippen LogP contribution in [0.5, 0.6) is 0 Å². The molecule has 8 heteroatoms. The van der Waals surface area contributed by atoms with Crippen molar-refractivity contribution in [3.63, 3.8) is 0 Å². The monoisotopic (exact) mass is 384 g/mol. The van der Waals surface area contributed by atoms with Crippen LogP contribution < -0.4 is 5.32 Å². The highest BCUT2D eigenvalue weighted by atomic mass is 32.1. The first-order valence-electron chi connectivity index (χ1n) is 8.23. The number of carbonyl (C=O) groups excluding carboxylic acids is 1. The highest BCUT2D eigenvalue weighted by Gasteiger charge is 2.12. The molecule has 4 aromatic rings. The summed E-state index contributed by atoms with van der Waals surface area (Å²) in [6, 6.07) is 11.5. The summed E-state index contributed by atoms with van der Waals surface area (Å²) in [7, 11) is 0. The van der Waals surface area contributed by atoms with E-state index in [0.717, 1.165) is 5.69 Å². The van der Waals surface area contributed by atoms with E-state index < -0.39 is 0 Å². The maximum atomic E-state index is 13.4. The van der Waals surface area contributed by atoms with Gasteiger partial charge in [0, 0.05) is 29.5 Å². The first-order valence-corrected chi connectivity index (χ1v) is 9.11. The van der Waals surface area contributed by atoms with Gasteiger partial charge in [-0.2, -0.15) is 4.98 Å². The van der Waals surface area contributed by atoms with Crippen LogP contribution in [0, 0.1) is 11.6 Å². The lowest BCUT2D eigenvalue weighted by Crippen LogP contribution is -2.26. The molecule has 27 heavy (non-hydrogen) atoms. The maximum Gasteiger partial charge on any atom is 0.251 e. The molecule has 1 N–H and O–H groups in total. The minimum absolute atomic E-state index is 0.263. The van der Waals surface area contributed by atoms with E-state index in [-0.39, 0.29) is 17.5 Å². The molecule has 136 valence electrons. The highest BCUT2D eigenvalue weighted by molar-refractivity contribution is 7.15. The number of thiazole rings is 1. The van der Waals surface area contributed by atoms with Gasteiger partial charge < -0.3 is 5.32 Å². The fourth-order valence-electron chi connectivity index (χ4n) is 2.65. The van der Waals surface area contributed by atoms with Crippen LogP contribution in [0.1, 0.15) is 16.1 Å². The Morgan fingerprint density at radius 3 is 2.70 bits per heavy atom. The first-order chi connectivity index (χ1) is 13.1. The lowest BCUT2D eigenvalue weighted by molar-refractivity contribution is 0.0954. The summed E-state index contributed by atoms with van der Waals surface area (Å²) in [5.74, 6) is -0.527. The van der Waals surface area contributed by atoms with E-state index in [0.29, 0.717) is 34.9 Å². The van der Waals surface area contributed by atoms with Gasteiger partial charge in [-0.05, 0) is 36.4 Å². The van der Waals surface area contributed by atoms with Gasteiger partial charge in [-0.1, -0.05) is 12.1 Å². The van der Waals surface area contributed by atoms with Gasteiger partial charge in [-0.15, -0.1) is 16.4 Å².